The van der Waals surface area contributed by atoms with Crippen LogP contribution < -0.4 is 16.2 Å². The van der Waals surface area contributed by atoms with Crippen molar-refractivity contribution in [2.75, 3.05) is 38.5 Å². The van der Waals surface area contributed by atoms with Crippen molar-refractivity contribution in [2.24, 2.45) is 5.92 Å². The summed E-state index contributed by atoms with van der Waals surface area (Å²) in [7, 11) is 0. The number of carbonyl (C=O) groups is 1. The van der Waals surface area contributed by atoms with E-state index >= 15 is 0 Å². The molecule has 2 saturated heterocycles. The van der Waals surface area contributed by atoms with Crippen LogP contribution in [0, 0.1) is 11.7 Å². The van der Waals surface area contributed by atoms with Gasteiger partial charge in [-0.1, -0.05) is 18.2 Å². The molecule has 0 unspecified atom stereocenters. The van der Waals surface area contributed by atoms with Gasteiger partial charge in [0.15, 0.2) is 0 Å². The van der Waals surface area contributed by atoms with Crippen LogP contribution in [-0.4, -0.2) is 62.6 Å². The van der Waals surface area contributed by atoms with Gasteiger partial charge in [-0.3, -0.25) is 18.8 Å². The first kappa shape index (κ1) is 28.0. The Bertz CT molecular complexity index is 1570. The number of nitrogens with two attached hydrogens (primary N) is 1. The van der Waals surface area contributed by atoms with Gasteiger partial charge in [0.2, 0.25) is 5.91 Å². The van der Waals surface area contributed by atoms with E-state index in [0.717, 1.165) is 61.9 Å². The largest absolute Gasteiger partial charge is 0.492 e. The maximum absolute atomic E-state index is 13.6. The number of imidazole rings is 1. The van der Waals surface area contributed by atoms with E-state index in [4.69, 9.17) is 10.5 Å². The number of nitrogen functional groups attached to an aromatic ring is 1. The number of ether oxygens (including phenoxy) is 1. The van der Waals surface area contributed by atoms with Crippen LogP contribution >= 0.6 is 0 Å². The molecule has 6 rings (SSSR count). The van der Waals surface area contributed by atoms with Gasteiger partial charge in [0.05, 0.1) is 17.6 Å². The number of pyridine rings is 1. The molecule has 2 fully saturated rings. The minimum Gasteiger partial charge on any atom is -0.492 e. The van der Waals surface area contributed by atoms with Crippen LogP contribution in [0.2, 0.25) is 0 Å². The number of hydrogen-bond donors (Lipinski definition) is 1. The Kier molecular flexibility index (Phi) is 8.23. The molecule has 42 heavy (non-hydrogen) atoms. The second-order valence-corrected chi connectivity index (χ2v) is 11.3. The lowest BCUT2D eigenvalue weighted by Gasteiger charge is -2.37. The number of nitrogens with zero attached hydrogens (tertiary/aromatic N) is 5. The van der Waals surface area contributed by atoms with Crippen LogP contribution in [0.15, 0.2) is 71.7 Å². The minimum absolute atomic E-state index is 0.0288. The van der Waals surface area contributed by atoms with Gasteiger partial charge in [-0.2, -0.15) is 0 Å². The first-order chi connectivity index (χ1) is 20.5. The van der Waals surface area contributed by atoms with E-state index in [1.165, 1.54) is 12.1 Å². The number of amides is 1. The number of likely N-dealkylation sites (tertiary alicyclic amines) is 2. The molecule has 2 aromatic heterocycles. The van der Waals surface area contributed by atoms with E-state index in [1.54, 1.807) is 16.7 Å². The first-order valence-corrected chi connectivity index (χ1v) is 14.8. The predicted molar refractivity (Wildman–Crippen MR) is 160 cm³/mol. The fourth-order valence-corrected chi connectivity index (χ4v) is 6.32. The zero-order valence-electron chi connectivity index (χ0n) is 23.7. The van der Waals surface area contributed by atoms with E-state index in [1.807, 2.05) is 52.1 Å². The number of benzene rings is 2. The molecular weight excluding hydrogens is 535 g/mol. The van der Waals surface area contributed by atoms with Gasteiger partial charge < -0.3 is 15.4 Å². The standard InChI is InChI=1S/C32H37FN6O3/c33-25-6-8-27(9-7-25)42-20-19-38-28-3-1-2-4-29(28)39(32(38)41)26-13-17-37(18-14-26)31(40)24-11-15-36(16-12-24)22-23-5-10-30(34)35-21-23/h1-10,21,24,26H,11-20,22H2,(H2,34,35). The quantitative estimate of drug-likeness (QED) is 0.342. The molecule has 0 aliphatic carbocycles. The maximum Gasteiger partial charge on any atom is 0.329 e. The van der Waals surface area contributed by atoms with Crippen molar-refractivity contribution in [3.05, 3.63) is 88.7 Å². The molecule has 0 bridgehead atoms. The van der Waals surface area contributed by atoms with Crippen LogP contribution in [0.3, 0.4) is 0 Å². The van der Waals surface area contributed by atoms with E-state index in [0.29, 0.717) is 37.8 Å². The second-order valence-electron chi connectivity index (χ2n) is 11.3. The smallest absolute Gasteiger partial charge is 0.329 e. The number of fused-ring (bicyclic) bond motifs is 1. The fraction of sp³-hybridized carbons (Fsp3) is 0.406. The minimum atomic E-state index is -0.317. The van der Waals surface area contributed by atoms with Crippen LogP contribution in [0.25, 0.3) is 11.0 Å². The highest BCUT2D eigenvalue weighted by Gasteiger charge is 2.32. The van der Waals surface area contributed by atoms with Gasteiger partial charge >= 0.3 is 5.69 Å². The van der Waals surface area contributed by atoms with Gasteiger partial charge in [0.1, 0.15) is 24.0 Å². The van der Waals surface area contributed by atoms with Crippen LogP contribution in [0.5, 0.6) is 5.75 Å². The molecule has 4 heterocycles. The Morgan fingerprint density at radius 3 is 2.33 bits per heavy atom. The third-order valence-electron chi connectivity index (χ3n) is 8.60. The second kappa shape index (κ2) is 12.4. The molecule has 0 spiro atoms. The number of carbonyl (C=O) groups excluding carboxylic acids is 1. The van der Waals surface area contributed by atoms with Gasteiger partial charge in [-0.25, -0.2) is 14.2 Å². The average Bonchev–Trinajstić information content (AvgIpc) is 3.30. The summed E-state index contributed by atoms with van der Waals surface area (Å²) < 4.78 is 22.6. The Balaban J connectivity index is 1.05. The van der Waals surface area contributed by atoms with E-state index in [2.05, 4.69) is 9.88 Å². The SMILES string of the molecule is Nc1ccc(CN2CCC(C(=O)N3CCC(n4c(=O)n(CCOc5ccc(F)cc5)c5ccccc54)CC3)CC2)cn1. The molecule has 4 aromatic rings. The van der Waals surface area contributed by atoms with Crippen molar-refractivity contribution in [3.63, 3.8) is 0 Å². The lowest BCUT2D eigenvalue weighted by Crippen LogP contribution is -2.46. The van der Waals surface area contributed by atoms with Crippen LogP contribution in [0.1, 0.15) is 37.3 Å². The first-order valence-electron chi connectivity index (χ1n) is 14.8. The summed E-state index contributed by atoms with van der Waals surface area (Å²) in [6, 6.07) is 17.6. The maximum atomic E-state index is 13.6. The zero-order valence-corrected chi connectivity index (χ0v) is 23.7. The highest BCUT2D eigenvalue weighted by molar-refractivity contribution is 5.79. The summed E-state index contributed by atoms with van der Waals surface area (Å²) in [6.07, 6.45) is 5.02. The van der Waals surface area contributed by atoms with Gasteiger partial charge in [-0.15, -0.1) is 0 Å². The Hall–Kier alpha value is -4.18. The van der Waals surface area contributed by atoms with Crippen molar-refractivity contribution < 1.29 is 13.9 Å². The molecule has 10 heteroatoms. The van der Waals surface area contributed by atoms with Gasteiger partial charge in [0.25, 0.3) is 0 Å². The molecule has 0 atom stereocenters. The number of halogens is 1. The number of piperidine rings is 2. The van der Waals surface area contributed by atoms with Gasteiger partial charge in [-0.05, 0) is 86.8 Å². The van der Waals surface area contributed by atoms with Gasteiger partial charge in [0, 0.05) is 37.8 Å². The third kappa shape index (κ3) is 6.04. The van der Waals surface area contributed by atoms with Crippen LogP contribution in [0.4, 0.5) is 10.2 Å². The highest BCUT2D eigenvalue weighted by atomic mass is 19.1. The summed E-state index contributed by atoms with van der Waals surface area (Å²) >= 11 is 0. The Morgan fingerprint density at radius 1 is 0.929 bits per heavy atom. The number of para-hydroxylation sites is 2. The molecule has 0 radical (unpaired) electrons. The normalized spacial score (nSPS) is 17.1. The molecule has 2 aliphatic rings. The molecule has 0 saturated carbocycles. The van der Waals surface area contributed by atoms with E-state index in [-0.39, 0.29) is 29.4 Å². The Labute approximate surface area is 244 Å². The number of rotatable bonds is 8. The van der Waals surface area contributed by atoms with Crippen molar-refractivity contribution in [3.8, 4) is 5.75 Å². The number of aromatic nitrogens is 3. The molecular formula is C32H37FN6O3. The predicted octanol–water partition coefficient (Wildman–Crippen LogP) is 4.07. The summed E-state index contributed by atoms with van der Waals surface area (Å²) in [6.45, 7) is 4.58. The number of hydrogen-bond acceptors (Lipinski definition) is 6. The van der Waals surface area contributed by atoms with Crippen LogP contribution in [-0.2, 0) is 17.9 Å². The van der Waals surface area contributed by atoms with E-state index in [9.17, 15) is 14.0 Å². The summed E-state index contributed by atoms with van der Waals surface area (Å²) in [5.74, 6) is 1.07. The summed E-state index contributed by atoms with van der Waals surface area (Å²) in [5, 5.41) is 0. The Morgan fingerprint density at radius 2 is 1.64 bits per heavy atom. The lowest BCUT2D eigenvalue weighted by atomic mass is 9.93. The van der Waals surface area contributed by atoms with Crippen molar-refractivity contribution in [2.45, 2.75) is 44.8 Å². The highest BCUT2D eigenvalue weighted by Crippen LogP contribution is 2.28. The third-order valence-corrected chi connectivity index (χ3v) is 8.60. The molecule has 1 amide bonds. The molecule has 2 N–H and O–H groups in total. The number of anilines is 1. The fourth-order valence-electron chi connectivity index (χ4n) is 6.32. The zero-order chi connectivity index (χ0) is 29.1. The summed E-state index contributed by atoms with van der Waals surface area (Å²) in [4.78, 5) is 35.6. The summed E-state index contributed by atoms with van der Waals surface area (Å²) in [5.41, 5.74) is 8.53. The van der Waals surface area contributed by atoms with Crippen molar-refractivity contribution in [1.29, 1.82) is 0 Å². The molecule has 2 aromatic carbocycles. The average molecular weight is 573 g/mol. The van der Waals surface area contributed by atoms with Crippen molar-refractivity contribution in [1.82, 2.24) is 23.9 Å². The van der Waals surface area contributed by atoms with Crippen molar-refractivity contribution >= 4 is 22.8 Å². The van der Waals surface area contributed by atoms with E-state index < -0.39 is 0 Å². The molecule has 9 nitrogen and oxygen atoms in total. The molecule has 220 valence electrons. The monoisotopic (exact) mass is 572 g/mol. The lowest BCUT2D eigenvalue weighted by molar-refractivity contribution is -0.138. The topological polar surface area (TPSA) is 98.6 Å². The molecule has 2 aliphatic heterocycles.